The summed E-state index contributed by atoms with van der Waals surface area (Å²) >= 11 is 0. The van der Waals surface area contributed by atoms with Gasteiger partial charge in [0.15, 0.2) is 11.5 Å². The van der Waals surface area contributed by atoms with E-state index in [1.165, 1.54) is 5.56 Å². The van der Waals surface area contributed by atoms with Gasteiger partial charge < -0.3 is 19.5 Å². The first-order chi connectivity index (χ1) is 10.9. The fourth-order valence-corrected chi connectivity index (χ4v) is 5.18. The van der Waals surface area contributed by atoms with Crippen LogP contribution < -0.4 is 9.47 Å². The molecular formula is C19H29NO3. The lowest BCUT2D eigenvalue weighted by Crippen LogP contribution is -2.57. The van der Waals surface area contributed by atoms with E-state index in [0.717, 1.165) is 37.3 Å². The van der Waals surface area contributed by atoms with Crippen molar-refractivity contribution in [1.29, 1.82) is 0 Å². The number of ether oxygens (including phenoxy) is 2. The van der Waals surface area contributed by atoms with Crippen LogP contribution in [-0.4, -0.2) is 50.0 Å². The molecule has 23 heavy (non-hydrogen) atoms. The summed E-state index contributed by atoms with van der Waals surface area (Å²) in [6.07, 6.45) is 2.58. The van der Waals surface area contributed by atoms with Crippen molar-refractivity contribution in [2.45, 2.75) is 50.7 Å². The summed E-state index contributed by atoms with van der Waals surface area (Å²) < 4.78 is 10.9. The van der Waals surface area contributed by atoms with Gasteiger partial charge in [-0.25, -0.2) is 0 Å². The Morgan fingerprint density at radius 2 is 1.87 bits per heavy atom. The number of nitrogens with zero attached hydrogens (tertiary/aromatic N) is 1. The first kappa shape index (κ1) is 16.6. The van der Waals surface area contributed by atoms with Gasteiger partial charge in [-0.15, -0.1) is 0 Å². The number of fused-ring (bicyclic) bond motifs is 1. The van der Waals surface area contributed by atoms with Crippen molar-refractivity contribution in [2.24, 2.45) is 5.41 Å². The summed E-state index contributed by atoms with van der Waals surface area (Å²) in [6, 6.07) is 6.70. The average Bonchev–Trinajstić information content (AvgIpc) is 2.85. The molecule has 1 aromatic rings. The summed E-state index contributed by atoms with van der Waals surface area (Å²) in [6.45, 7) is 5.67. The molecule has 0 unspecified atom stereocenters. The van der Waals surface area contributed by atoms with Crippen LogP contribution in [0, 0.1) is 5.41 Å². The third kappa shape index (κ3) is 2.34. The average molecular weight is 319 g/mol. The standard InChI is InChI=1S/C19H29NO3/c1-18(2)12-14(21)11-17-19(18,8-9-20(17)3)13-6-7-15(22-4)16(10-13)23-5/h6-7,10,14,17,21H,8-9,11-12H2,1-5H3/t14-,17-,19+/m0/s1. The molecule has 1 N–H and O–H groups in total. The van der Waals surface area contributed by atoms with Crippen molar-refractivity contribution in [3.63, 3.8) is 0 Å². The van der Waals surface area contributed by atoms with Crippen molar-refractivity contribution in [2.75, 3.05) is 27.8 Å². The monoisotopic (exact) mass is 319 g/mol. The highest BCUT2D eigenvalue weighted by molar-refractivity contribution is 5.47. The Hall–Kier alpha value is -1.26. The topological polar surface area (TPSA) is 41.9 Å². The fourth-order valence-electron chi connectivity index (χ4n) is 5.18. The Balaban J connectivity index is 2.14. The summed E-state index contributed by atoms with van der Waals surface area (Å²) in [5.74, 6) is 1.55. The second kappa shape index (κ2) is 5.67. The van der Waals surface area contributed by atoms with Gasteiger partial charge in [0.1, 0.15) is 0 Å². The minimum absolute atomic E-state index is 0.0275. The number of benzene rings is 1. The number of methoxy groups -OCH3 is 2. The molecule has 2 aliphatic rings. The highest BCUT2D eigenvalue weighted by Gasteiger charge is 2.59. The minimum Gasteiger partial charge on any atom is -0.493 e. The lowest BCUT2D eigenvalue weighted by Gasteiger charge is -2.54. The summed E-state index contributed by atoms with van der Waals surface area (Å²) in [7, 11) is 5.54. The van der Waals surface area contributed by atoms with Gasteiger partial charge in [0.25, 0.3) is 0 Å². The maximum atomic E-state index is 10.4. The number of hydrogen-bond acceptors (Lipinski definition) is 4. The first-order valence-corrected chi connectivity index (χ1v) is 8.46. The molecule has 3 rings (SSSR count). The van der Waals surface area contributed by atoms with E-state index in [9.17, 15) is 5.11 Å². The molecule has 0 amide bonds. The van der Waals surface area contributed by atoms with Crippen molar-refractivity contribution < 1.29 is 14.6 Å². The van der Waals surface area contributed by atoms with Crippen LogP contribution >= 0.6 is 0 Å². The zero-order valence-corrected chi connectivity index (χ0v) is 14.9. The van der Waals surface area contributed by atoms with Gasteiger partial charge >= 0.3 is 0 Å². The van der Waals surface area contributed by atoms with Crippen LogP contribution in [0.15, 0.2) is 18.2 Å². The molecule has 4 nitrogen and oxygen atoms in total. The number of likely N-dealkylation sites (N-methyl/N-ethyl adjacent to an activating group) is 1. The van der Waals surface area contributed by atoms with Crippen LogP contribution in [0.5, 0.6) is 11.5 Å². The Labute approximate surface area is 139 Å². The van der Waals surface area contributed by atoms with Gasteiger partial charge in [0, 0.05) is 11.5 Å². The number of likely N-dealkylation sites (tertiary alicyclic amines) is 1. The fraction of sp³-hybridized carbons (Fsp3) is 0.684. The molecule has 0 spiro atoms. The van der Waals surface area contributed by atoms with E-state index in [-0.39, 0.29) is 16.9 Å². The maximum Gasteiger partial charge on any atom is 0.161 e. The van der Waals surface area contributed by atoms with Crippen LogP contribution in [-0.2, 0) is 5.41 Å². The van der Waals surface area contributed by atoms with Crippen molar-refractivity contribution >= 4 is 0 Å². The number of hydrogen-bond donors (Lipinski definition) is 1. The van der Waals surface area contributed by atoms with Gasteiger partial charge in [-0.3, -0.25) is 0 Å². The highest BCUT2D eigenvalue weighted by Crippen LogP contribution is 2.58. The minimum atomic E-state index is -0.219. The third-order valence-electron chi connectivity index (χ3n) is 6.31. The maximum absolute atomic E-state index is 10.4. The molecule has 2 fully saturated rings. The lowest BCUT2D eigenvalue weighted by molar-refractivity contribution is -0.0271. The second-order valence-electron chi connectivity index (χ2n) is 7.77. The van der Waals surface area contributed by atoms with Crippen LogP contribution in [0.3, 0.4) is 0 Å². The SMILES string of the molecule is COc1ccc([C@]23CCN(C)[C@H]2C[C@H](O)CC3(C)C)cc1OC. The van der Waals surface area contributed by atoms with Crippen LogP contribution in [0.2, 0.25) is 0 Å². The Kier molecular flexibility index (Phi) is 4.09. The number of aliphatic hydroxyl groups excluding tert-OH is 1. The molecule has 3 atom stereocenters. The van der Waals surface area contributed by atoms with Gasteiger partial charge in [-0.1, -0.05) is 19.9 Å². The van der Waals surface area contributed by atoms with Gasteiger partial charge in [-0.2, -0.15) is 0 Å². The molecule has 1 aliphatic carbocycles. The van der Waals surface area contributed by atoms with E-state index >= 15 is 0 Å². The first-order valence-electron chi connectivity index (χ1n) is 8.46. The predicted molar refractivity (Wildman–Crippen MR) is 91.3 cm³/mol. The van der Waals surface area contributed by atoms with Gasteiger partial charge in [0.2, 0.25) is 0 Å². The van der Waals surface area contributed by atoms with E-state index in [1.807, 2.05) is 6.07 Å². The lowest BCUT2D eigenvalue weighted by atomic mass is 9.52. The zero-order chi connectivity index (χ0) is 16.8. The van der Waals surface area contributed by atoms with E-state index in [0.29, 0.717) is 6.04 Å². The summed E-state index contributed by atoms with van der Waals surface area (Å²) in [5.41, 5.74) is 1.38. The molecular weight excluding hydrogens is 290 g/mol. The Morgan fingerprint density at radius 3 is 2.52 bits per heavy atom. The van der Waals surface area contributed by atoms with Gasteiger partial charge in [-0.05, 0) is 56.0 Å². The van der Waals surface area contributed by atoms with Crippen LogP contribution in [0.4, 0.5) is 0 Å². The van der Waals surface area contributed by atoms with E-state index in [4.69, 9.17) is 9.47 Å². The van der Waals surface area contributed by atoms with E-state index in [2.05, 4.69) is 37.9 Å². The second-order valence-corrected chi connectivity index (χ2v) is 7.77. The van der Waals surface area contributed by atoms with Crippen LogP contribution in [0.25, 0.3) is 0 Å². The number of aliphatic hydroxyl groups is 1. The van der Waals surface area contributed by atoms with Crippen molar-refractivity contribution in [3.8, 4) is 11.5 Å². The normalized spacial score (nSPS) is 33.3. The molecule has 1 saturated heterocycles. The Bertz CT molecular complexity index is 586. The molecule has 0 bridgehead atoms. The Morgan fingerprint density at radius 1 is 1.17 bits per heavy atom. The van der Waals surface area contributed by atoms with E-state index < -0.39 is 0 Å². The molecule has 1 aromatic carbocycles. The highest BCUT2D eigenvalue weighted by atomic mass is 16.5. The van der Waals surface area contributed by atoms with Gasteiger partial charge in [0.05, 0.1) is 20.3 Å². The van der Waals surface area contributed by atoms with Crippen molar-refractivity contribution in [1.82, 2.24) is 4.90 Å². The quantitative estimate of drug-likeness (QED) is 0.930. The molecule has 0 aromatic heterocycles. The zero-order valence-electron chi connectivity index (χ0n) is 14.9. The van der Waals surface area contributed by atoms with E-state index in [1.54, 1.807) is 14.2 Å². The number of rotatable bonds is 3. The predicted octanol–water partition coefficient (Wildman–Crippen LogP) is 2.83. The largest absolute Gasteiger partial charge is 0.493 e. The summed E-state index contributed by atoms with van der Waals surface area (Å²) in [4.78, 5) is 2.42. The molecule has 1 heterocycles. The molecule has 0 radical (unpaired) electrons. The molecule has 128 valence electrons. The smallest absolute Gasteiger partial charge is 0.161 e. The molecule has 1 saturated carbocycles. The van der Waals surface area contributed by atoms with Crippen molar-refractivity contribution in [3.05, 3.63) is 23.8 Å². The summed E-state index contributed by atoms with van der Waals surface area (Å²) in [5, 5.41) is 10.4. The molecule has 1 aliphatic heterocycles. The third-order valence-corrected chi connectivity index (χ3v) is 6.31. The molecule has 4 heteroatoms. The van der Waals surface area contributed by atoms with Crippen LogP contribution in [0.1, 0.15) is 38.7 Å².